The summed E-state index contributed by atoms with van der Waals surface area (Å²) in [5.41, 5.74) is 2.25. The summed E-state index contributed by atoms with van der Waals surface area (Å²) in [5, 5.41) is 20.1. The fourth-order valence-electron chi connectivity index (χ4n) is 2.73. The van der Waals surface area contributed by atoms with Gasteiger partial charge in [-0.1, -0.05) is 17.4 Å². The van der Waals surface area contributed by atoms with Crippen LogP contribution in [0.5, 0.6) is 5.75 Å². The number of anilines is 3. The van der Waals surface area contributed by atoms with E-state index in [0.29, 0.717) is 17.4 Å². The maximum Gasteiger partial charge on any atom is 0.313 e. The van der Waals surface area contributed by atoms with Crippen LogP contribution in [0, 0.1) is 0 Å². The second-order valence-electron chi connectivity index (χ2n) is 6.56. The molecule has 0 bridgehead atoms. The average Bonchev–Trinajstić information content (AvgIpc) is 3.51. The molecule has 0 fully saturated rings. The monoisotopic (exact) mass is 465 g/mol. The number of carbonyl (C=O) groups is 2. The zero-order chi connectivity index (χ0) is 22.3. The lowest BCUT2D eigenvalue weighted by Crippen LogP contribution is -2.34. The van der Waals surface area contributed by atoms with Gasteiger partial charge < -0.3 is 20.7 Å². The number of nitrogens with zero attached hydrogens (tertiary/aromatic N) is 2. The molecule has 0 saturated carbocycles. The Morgan fingerprint density at radius 3 is 2.38 bits per heavy atom. The molecule has 2 aromatic heterocycles. The number of amides is 2. The number of ether oxygens (including phenoxy) is 1. The molecule has 0 atom stereocenters. The highest BCUT2D eigenvalue weighted by atomic mass is 32.1. The first-order valence-corrected chi connectivity index (χ1v) is 11.3. The van der Waals surface area contributed by atoms with Gasteiger partial charge in [0.25, 0.3) is 0 Å². The smallest absolute Gasteiger partial charge is 0.313 e. The van der Waals surface area contributed by atoms with Gasteiger partial charge in [-0.25, -0.2) is 0 Å². The summed E-state index contributed by atoms with van der Waals surface area (Å²) >= 11 is 2.92. The fourth-order valence-corrected chi connectivity index (χ4v) is 4.15. The van der Waals surface area contributed by atoms with E-state index >= 15 is 0 Å². The molecular formula is C22H19N5O3S2. The van der Waals surface area contributed by atoms with Crippen molar-refractivity contribution < 1.29 is 14.3 Å². The van der Waals surface area contributed by atoms with Crippen molar-refractivity contribution in [3.63, 3.8) is 0 Å². The third-order valence-electron chi connectivity index (χ3n) is 4.37. The highest BCUT2D eigenvalue weighted by Crippen LogP contribution is 2.29. The Hall–Kier alpha value is -3.76. The van der Waals surface area contributed by atoms with Gasteiger partial charge in [0.2, 0.25) is 5.13 Å². The van der Waals surface area contributed by atoms with E-state index in [2.05, 4.69) is 26.1 Å². The molecule has 32 heavy (non-hydrogen) atoms. The van der Waals surface area contributed by atoms with E-state index < -0.39 is 11.8 Å². The van der Waals surface area contributed by atoms with Crippen molar-refractivity contribution in [3.05, 3.63) is 70.9 Å². The first kappa shape index (κ1) is 21.5. The summed E-state index contributed by atoms with van der Waals surface area (Å²) in [6.45, 7) is 0.326. The molecule has 10 heteroatoms. The van der Waals surface area contributed by atoms with E-state index in [1.807, 2.05) is 53.9 Å². The number of hydrogen-bond donors (Lipinski definition) is 3. The predicted molar refractivity (Wildman–Crippen MR) is 126 cm³/mol. The number of nitrogens with one attached hydrogen (secondary N) is 3. The zero-order valence-corrected chi connectivity index (χ0v) is 18.6. The van der Waals surface area contributed by atoms with Crippen molar-refractivity contribution >= 4 is 51.0 Å². The highest BCUT2D eigenvalue weighted by Gasteiger charge is 2.14. The molecule has 0 aliphatic rings. The van der Waals surface area contributed by atoms with Gasteiger partial charge in [0.15, 0.2) is 0 Å². The van der Waals surface area contributed by atoms with Gasteiger partial charge in [0, 0.05) is 21.8 Å². The summed E-state index contributed by atoms with van der Waals surface area (Å²) in [7, 11) is 1.62. The van der Waals surface area contributed by atoms with E-state index in [-0.39, 0.29) is 0 Å². The zero-order valence-electron chi connectivity index (χ0n) is 17.0. The van der Waals surface area contributed by atoms with E-state index in [1.54, 1.807) is 19.2 Å². The van der Waals surface area contributed by atoms with Crippen LogP contribution in [0.2, 0.25) is 0 Å². The second-order valence-corrected chi connectivity index (χ2v) is 8.57. The first-order valence-electron chi connectivity index (χ1n) is 9.57. The minimum Gasteiger partial charge on any atom is -0.497 e. The largest absolute Gasteiger partial charge is 0.497 e. The van der Waals surface area contributed by atoms with Crippen LogP contribution in [-0.4, -0.2) is 29.1 Å². The Labute approximate surface area is 192 Å². The molecule has 8 nitrogen and oxygen atoms in total. The van der Waals surface area contributed by atoms with Gasteiger partial charge in [-0.3, -0.25) is 9.59 Å². The predicted octanol–water partition coefficient (Wildman–Crippen LogP) is 4.27. The number of rotatable bonds is 7. The fraction of sp³-hybridized carbons (Fsp3) is 0.0909. The lowest BCUT2D eigenvalue weighted by Gasteiger charge is -2.06. The first-order chi connectivity index (χ1) is 15.6. The number of aromatic nitrogens is 2. The SMILES string of the molecule is COc1ccc(Nc2nnc(-c3ccc(NC(=O)C(=O)NCc4cccs4)cc3)s2)cc1. The van der Waals surface area contributed by atoms with Gasteiger partial charge in [-0.05, 0) is 60.0 Å². The Balaban J connectivity index is 1.33. The molecule has 0 spiro atoms. The average molecular weight is 466 g/mol. The van der Waals surface area contributed by atoms with Crippen LogP contribution in [0.15, 0.2) is 66.0 Å². The van der Waals surface area contributed by atoms with Crippen molar-refractivity contribution in [2.24, 2.45) is 0 Å². The van der Waals surface area contributed by atoms with Gasteiger partial charge >= 0.3 is 11.8 Å². The third kappa shape index (κ3) is 5.48. The van der Waals surface area contributed by atoms with Gasteiger partial charge in [-0.15, -0.1) is 21.5 Å². The van der Waals surface area contributed by atoms with Crippen LogP contribution in [-0.2, 0) is 16.1 Å². The molecule has 3 N–H and O–H groups in total. The highest BCUT2D eigenvalue weighted by molar-refractivity contribution is 7.18. The van der Waals surface area contributed by atoms with Crippen molar-refractivity contribution in [2.75, 3.05) is 17.7 Å². The molecule has 162 valence electrons. The lowest BCUT2D eigenvalue weighted by atomic mass is 10.2. The summed E-state index contributed by atoms with van der Waals surface area (Å²) in [6.07, 6.45) is 0. The summed E-state index contributed by atoms with van der Waals surface area (Å²) in [6, 6.07) is 18.4. The molecule has 4 aromatic rings. The van der Waals surface area contributed by atoms with Crippen LogP contribution in [0.4, 0.5) is 16.5 Å². The molecular weight excluding hydrogens is 446 g/mol. The number of thiophene rings is 1. The topological polar surface area (TPSA) is 105 Å². The molecule has 4 rings (SSSR count). The molecule has 0 aliphatic carbocycles. The summed E-state index contributed by atoms with van der Waals surface area (Å²) in [5.74, 6) is -0.613. The van der Waals surface area contributed by atoms with E-state index in [9.17, 15) is 9.59 Å². The summed E-state index contributed by atoms with van der Waals surface area (Å²) < 4.78 is 5.15. The van der Waals surface area contributed by atoms with E-state index in [4.69, 9.17) is 4.74 Å². The van der Waals surface area contributed by atoms with Crippen LogP contribution >= 0.6 is 22.7 Å². The van der Waals surface area contributed by atoms with E-state index in [1.165, 1.54) is 22.7 Å². The molecule has 0 saturated heterocycles. The Morgan fingerprint density at radius 1 is 0.938 bits per heavy atom. The van der Waals surface area contributed by atoms with Gasteiger partial charge in [0.1, 0.15) is 10.8 Å². The van der Waals surface area contributed by atoms with Crippen molar-refractivity contribution in [2.45, 2.75) is 6.54 Å². The van der Waals surface area contributed by atoms with Crippen LogP contribution in [0.1, 0.15) is 4.88 Å². The molecule has 2 heterocycles. The maximum atomic E-state index is 12.1. The van der Waals surface area contributed by atoms with Crippen LogP contribution in [0.3, 0.4) is 0 Å². The van der Waals surface area contributed by atoms with Crippen molar-refractivity contribution in [1.29, 1.82) is 0 Å². The van der Waals surface area contributed by atoms with Gasteiger partial charge in [0.05, 0.1) is 13.7 Å². The molecule has 0 aliphatic heterocycles. The lowest BCUT2D eigenvalue weighted by molar-refractivity contribution is -0.136. The normalized spacial score (nSPS) is 10.4. The molecule has 2 aromatic carbocycles. The molecule has 2 amide bonds. The van der Waals surface area contributed by atoms with Gasteiger partial charge in [-0.2, -0.15) is 0 Å². The third-order valence-corrected chi connectivity index (χ3v) is 6.13. The number of carbonyl (C=O) groups excluding carboxylic acids is 2. The number of hydrogen-bond acceptors (Lipinski definition) is 8. The minimum atomic E-state index is -0.712. The van der Waals surface area contributed by atoms with Crippen LogP contribution < -0.4 is 20.7 Å². The maximum absolute atomic E-state index is 12.1. The Kier molecular flexibility index (Phi) is 6.73. The number of benzene rings is 2. The van der Waals surface area contributed by atoms with Crippen LogP contribution in [0.25, 0.3) is 10.6 Å². The summed E-state index contributed by atoms with van der Waals surface area (Å²) in [4.78, 5) is 25.0. The number of methoxy groups -OCH3 is 1. The molecule has 0 unspecified atom stereocenters. The standard InChI is InChI=1S/C22H19N5O3S2/c1-30-17-10-8-16(9-11-17)25-22-27-26-21(32-22)14-4-6-15(7-5-14)24-20(29)19(28)23-13-18-3-2-12-31-18/h2-12H,13H2,1H3,(H,23,28)(H,24,29)(H,25,27). The quantitative estimate of drug-likeness (QED) is 0.352. The second kappa shape index (κ2) is 10.0. The Morgan fingerprint density at radius 2 is 1.69 bits per heavy atom. The van der Waals surface area contributed by atoms with Crippen molar-refractivity contribution in [1.82, 2.24) is 15.5 Å². The minimum absolute atomic E-state index is 0.326. The van der Waals surface area contributed by atoms with E-state index in [0.717, 1.165) is 26.9 Å². The Bertz CT molecular complexity index is 1190. The van der Waals surface area contributed by atoms with Crippen molar-refractivity contribution in [3.8, 4) is 16.3 Å². The molecule has 0 radical (unpaired) electrons.